The van der Waals surface area contributed by atoms with Gasteiger partial charge in [0.25, 0.3) is 0 Å². The number of likely N-dealkylation sites (tertiary alicyclic amines) is 1. The first-order chi connectivity index (χ1) is 22.5. The average molecular weight is 664 g/mol. The molecule has 13 heteroatoms. The van der Waals surface area contributed by atoms with Crippen molar-refractivity contribution in [3.63, 3.8) is 0 Å². The van der Waals surface area contributed by atoms with Crippen LogP contribution in [0, 0.1) is 12.3 Å². The van der Waals surface area contributed by atoms with Crippen LogP contribution in [-0.4, -0.2) is 75.5 Å². The van der Waals surface area contributed by atoms with E-state index in [4.69, 9.17) is 0 Å². The second-order valence-electron chi connectivity index (χ2n) is 13.2. The van der Waals surface area contributed by atoms with Crippen molar-refractivity contribution in [1.82, 2.24) is 15.5 Å². The van der Waals surface area contributed by atoms with Gasteiger partial charge in [0, 0.05) is 37.2 Å². The van der Waals surface area contributed by atoms with Crippen LogP contribution in [0.25, 0.3) is 0 Å². The summed E-state index contributed by atoms with van der Waals surface area (Å²) in [7, 11) is 0. The van der Waals surface area contributed by atoms with E-state index in [-0.39, 0.29) is 49.5 Å². The van der Waals surface area contributed by atoms with Crippen molar-refractivity contribution >= 4 is 47.1 Å². The quantitative estimate of drug-likeness (QED) is 0.171. The number of carboxylic acids is 2. The number of urea groups is 1. The van der Waals surface area contributed by atoms with Crippen LogP contribution in [0.15, 0.2) is 60.7 Å². The van der Waals surface area contributed by atoms with E-state index in [1.165, 1.54) is 24.0 Å². The minimum absolute atomic E-state index is 0.0698. The van der Waals surface area contributed by atoms with Crippen LogP contribution in [0.5, 0.6) is 0 Å². The van der Waals surface area contributed by atoms with E-state index in [2.05, 4.69) is 21.3 Å². The van der Waals surface area contributed by atoms with Crippen molar-refractivity contribution in [1.29, 1.82) is 0 Å². The van der Waals surface area contributed by atoms with E-state index < -0.39 is 47.9 Å². The molecule has 6 N–H and O–H groups in total. The summed E-state index contributed by atoms with van der Waals surface area (Å²) in [6.45, 7) is 9.13. The Hall–Kier alpha value is -5.20. The van der Waals surface area contributed by atoms with Crippen LogP contribution in [0.3, 0.4) is 0 Å². The highest BCUT2D eigenvalue weighted by atomic mass is 16.4. The molecule has 3 rings (SSSR count). The summed E-state index contributed by atoms with van der Waals surface area (Å²) in [5.41, 5.74) is 2.81. The first-order valence-electron chi connectivity index (χ1n) is 15.7. The van der Waals surface area contributed by atoms with Crippen LogP contribution in [0.2, 0.25) is 0 Å². The van der Waals surface area contributed by atoms with Crippen molar-refractivity contribution in [2.45, 2.75) is 84.3 Å². The van der Waals surface area contributed by atoms with E-state index in [1.807, 2.05) is 52.0 Å². The molecule has 0 aromatic heterocycles. The van der Waals surface area contributed by atoms with Gasteiger partial charge in [0.1, 0.15) is 18.1 Å². The molecular formula is C35H45N5O8. The van der Waals surface area contributed by atoms with Crippen LogP contribution in [-0.2, 0) is 24.0 Å². The molecule has 1 heterocycles. The normalized spacial score (nSPS) is 17.3. The lowest BCUT2D eigenvalue weighted by Crippen LogP contribution is -2.50. The summed E-state index contributed by atoms with van der Waals surface area (Å²) in [4.78, 5) is 75.4. The van der Waals surface area contributed by atoms with Crippen molar-refractivity contribution in [2.75, 3.05) is 17.2 Å². The van der Waals surface area contributed by atoms with Crippen molar-refractivity contribution < 1.29 is 39.0 Å². The number of benzene rings is 2. The summed E-state index contributed by atoms with van der Waals surface area (Å²) < 4.78 is 0. The van der Waals surface area contributed by atoms with E-state index in [0.717, 1.165) is 11.1 Å². The highest BCUT2D eigenvalue weighted by molar-refractivity contribution is 5.99. The Kier molecular flexibility index (Phi) is 12.9. The van der Waals surface area contributed by atoms with Gasteiger partial charge >= 0.3 is 18.0 Å². The zero-order valence-electron chi connectivity index (χ0n) is 27.9. The van der Waals surface area contributed by atoms with E-state index in [9.17, 15) is 39.0 Å². The Bertz CT molecular complexity index is 1510. The molecule has 0 spiro atoms. The zero-order valence-corrected chi connectivity index (χ0v) is 27.9. The Morgan fingerprint density at radius 3 is 1.81 bits per heavy atom. The number of anilines is 2. The van der Waals surface area contributed by atoms with Crippen LogP contribution in [0.1, 0.15) is 70.4 Å². The SMILES string of the molecule is CC(=O)N1CC(c2ccc(NC(=O)Nc3ccc(C)cc3)cc2)CC1C(=O)NC(C/C=C/CC(NC(=O)CC(C)(C)C)C(=O)O)C(=O)O. The van der Waals surface area contributed by atoms with Crippen LogP contribution in [0.4, 0.5) is 16.2 Å². The van der Waals surface area contributed by atoms with E-state index in [1.54, 1.807) is 24.3 Å². The number of rotatable bonds is 13. The molecule has 4 atom stereocenters. The fourth-order valence-corrected chi connectivity index (χ4v) is 5.35. The molecule has 0 radical (unpaired) electrons. The third-order valence-corrected chi connectivity index (χ3v) is 7.81. The van der Waals surface area contributed by atoms with Gasteiger partial charge in [0.15, 0.2) is 0 Å². The molecule has 258 valence electrons. The lowest BCUT2D eigenvalue weighted by Gasteiger charge is -2.24. The number of nitrogens with zero attached hydrogens (tertiary/aromatic N) is 1. The van der Waals surface area contributed by atoms with Crippen molar-refractivity contribution in [3.05, 3.63) is 71.8 Å². The predicted octanol–water partition coefficient (Wildman–Crippen LogP) is 4.25. The monoisotopic (exact) mass is 663 g/mol. The molecule has 13 nitrogen and oxygen atoms in total. The molecule has 2 aromatic rings. The maximum absolute atomic E-state index is 13.3. The second kappa shape index (κ2) is 16.6. The topological polar surface area (TPSA) is 194 Å². The second-order valence-corrected chi connectivity index (χ2v) is 13.2. The summed E-state index contributed by atoms with van der Waals surface area (Å²) in [5.74, 6) is -4.07. The van der Waals surface area contributed by atoms with Crippen LogP contribution < -0.4 is 21.3 Å². The van der Waals surface area contributed by atoms with Gasteiger partial charge in [-0.3, -0.25) is 14.4 Å². The molecule has 5 amide bonds. The number of carboxylic acid groups (broad SMARTS) is 2. The van der Waals surface area contributed by atoms with Crippen molar-refractivity contribution in [2.24, 2.45) is 5.41 Å². The number of carbonyl (C=O) groups excluding carboxylic acids is 4. The zero-order chi connectivity index (χ0) is 35.6. The fraction of sp³-hybridized carbons (Fsp3) is 0.429. The fourth-order valence-electron chi connectivity index (χ4n) is 5.35. The van der Waals surface area contributed by atoms with Gasteiger partial charge in [-0.05, 0) is 61.4 Å². The highest BCUT2D eigenvalue weighted by Crippen LogP contribution is 2.33. The summed E-state index contributed by atoms with van der Waals surface area (Å²) in [6.07, 6.45) is 3.11. The van der Waals surface area contributed by atoms with Gasteiger partial charge in [-0.25, -0.2) is 14.4 Å². The Morgan fingerprint density at radius 2 is 1.33 bits per heavy atom. The van der Waals surface area contributed by atoms with Gasteiger partial charge in [-0.2, -0.15) is 0 Å². The van der Waals surface area contributed by atoms with E-state index >= 15 is 0 Å². The maximum Gasteiger partial charge on any atom is 0.326 e. The minimum atomic E-state index is -1.32. The molecular weight excluding hydrogens is 618 g/mol. The first kappa shape index (κ1) is 37.3. The molecule has 0 aliphatic carbocycles. The summed E-state index contributed by atoms with van der Waals surface area (Å²) in [6, 6.07) is 10.7. The Balaban J connectivity index is 1.58. The van der Waals surface area contributed by atoms with Gasteiger partial charge < -0.3 is 36.4 Å². The molecule has 1 aliphatic heterocycles. The number of aliphatic carboxylic acids is 2. The molecule has 2 aromatic carbocycles. The molecule has 1 saturated heterocycles. The maximum atomic E-state index is 13.3. The van der Waals surface area contributed by atoms with Crippen molar-refractivity contribution in [3.8, 4) is 0 Å². The largest absolute Gasteiger partial charge is 0.480 e. The number of hydrogen-bond acceptors (Lipinski definition) is 6. The van der Waals surface area contributed by atoms with E-state index in [0.29, 0.717) is 11.4 Å². The lowest BCUT2D eigenvalue weighted by molar-refractivity contribution is -0.143. The minimum Gasteiger partial charge on any atom is -0.480 e. The molecule has 0 bridgehead atoms. The molecule has 1 aliphatic rings. The number of nitrogens with one attached hydrogen (secondary N) is 4. The standard InChI is InChI=1S/C35H45N5O8/c1-21-10-14-25(15-11-21)36-34(48)37-26-16-12-23(13-17-26)24-18-29(40(20-24)22(2)41)31(43)39-28(33(46)47)9-7-6-8-27(32(44)45)38-30(42)19-35(3,4)5/h6-7,10-17,24,27-29H,8-9,18-20H2,1-5H3,(H,38,42)(H,39,43)(H,44,45)(H,46,47)(H2,36,37,48)/b7-6+. The summed E-state index contributed by atoms with van der Waals surface area (Å²) in [5, 5.41) is 29.8. The molecule has 1 fully saturated rings. The predicted molar refractivity (Wildman–Crippen MR) is 180 cm³/mol. The lowest BCUT2D eigenvalue weighted by atomic mass is 9.92. The van der Waals surface area contributed by atoms with Crippen LogP contribution >= 0.6 is 0 Å². The Morgan fingerprint density at radius 1 is 0.833 bits per heavy atom. The van der Waals surface area contributed by atoms with Gasteiger partial charge in [-0.15, -0.1) is 0 Å². The van der Waals surface area contributed by atoms with Gasteiger partial charge in [0.05, 0.1) is 0 Å². The highest BCUT2D eigenvalue weighted by Gasteiger charge is 2.40. The third kappa shape index (κ3) is 11.6. The molecule has 48 heavy (non-hydrogen) atoms. The molecule has 4 unspecified atom stereocenters. The van der Waals surface area contributed by atoms with Gasteiger partial charge in [0.2, 0.25) is 17.7 Å². The summed E-state index contributed by atoms with van der Waals surface area (Å²) >= 11 is 0. The number of carbonyl (C=O) groups is 6. The Labute approximate surface area is 280 Å². The number of aryl methyl sites for hydroxylation is 1. The molecule has 0 saturated carbocycles. The van der Waals surface area contributed by atoms with Gasteiger partial charge in [-0.1, -0.05) is 62.8 Å². The smallest absolute Gasteiger partial charge is 0.326 e. The number of hydrogen-bond donors (Lipinski definition) is 6. The average Bonchev–Trinajstić information content (AvgIpc) is 3.44. The first-order valence-corrected chi connectivity index (χ1v) is 15.7. The number of amides is 5. The third-order valence-electron chi connectivity index (χ3n) is 7.81.